The van der Waals surface area contributed by atoms with Crippen LogP contribution in [0.5, 0.6) is 0 Å². The molecule has 2 fully saturated rings. The van der Waals surface area contributed by atoms with Crippen molar-refractivity contribution in [3.8, 4) is 0 Å². The van der Waals surface area contributed by atoms with Gasteiger partial charge in [-0.15, -0.1) is 11.8 Å². The molecule has 3 aromatic rings. The summed E-state index contributed by atoms with van der Waals surface area (Å²) in [4.78, 5) is 58.7. The van der Waals surface area contributed by atoms with E-state index in [4.69, 9.17) is 9.47 Å². The zero-order valence-corrected chi connectivity index (χ0v) is 26.4. The van der Waals surface area contributed by atoms with Crippen molar-refractivity contribution in [2.75, 3.05) is 45.6 Å². The molecule has 3 heterocycles. The van der Waals surface area contributed by atoms with Crippen LogP contribution in [-0.2, 0) is 30.3 Å². The normalized spacial score (nSPS) is 19.7. The summed E-state index contributed by atoms with van der Waals surface area (Å²) in [5, 5.41) is 2.35. The van der Waals surface area contributed by atoms with Crippen molar-refractivity contribution in [3.05, 3.63) is 119 Å². The molecule has 6 rings (SSSR count). The van der Waals surface area contributed by atoms with Crippen LogP contribution in [-0.4, -0.2) is 95.6 Å². The van der Waals surface area contributed by atoms with Gasteiger partial charge in [0.05, 0.1) is 6.42 Å². The van der Waals surface area contributed by atoms with Gasteiger partial charge in [0.1, 0.15) is 23.7 Å². The summed E-state index contributed by atoms with van der Waals surface area (Å²) in [6.45, 7) is 2.42. The summed E-state index contributed by atoms with van der Waals surface area (Å²) in [6.07, 6.45) is -1.06. The average Bonchev–Trinajstić information content (AvgIpc) is 3.09. The minimum absolute atomic E-state index is 0.0605. The molecule has 238 valence electrons. The Labute approximate surface area is 272 Å². The van der Waals surface area contributed by atoms with Gasteiger partial charge < -0.3 is 24.6 Å². The number of amides is 3. The second-order valence-corrected chi connectivity index (χ2v) is 12.6. The first-order chi connectivity index (χ1) is 22.4. The Morgan fingerprint density at radius 3 is 2.07 bits per heavy atom. The SMILES string of the molecule is CN1CCN(C(=O)OCC2=C(C(=O)OC(c3ccccc3)c3ccccc3)N3C(=O)C(NC(=O)Cc4ccccc4)[C@H]3SC2)CC1. The molecular weight excluding hydrogens is 604 g/mol. The number of rotatable bonds is 9. The van der Waals surface area contributed by atoms with Crippen LogP contribution >= 0.6 is 11.8 Å². The van der Waals surface area contributed by atoms with Crippen LogP contribution in [0.25, 0.3) is 0 Å². The molecule has 3 aliphatic rings. The third-order valence-corrected chi connectivity index (χ3v) is 9.67. The fourth-order valence-electron chi connectivity index (χ4n) is 5.76. The van der Waals surface area contributed by atoms with Gasteiger partial charge in [0, 0.05) is 37.5 Å². The van der Waals surface area contributed by atoms with Crippen molar-refractivity contribution < 1.29 is 28.7 Å². The van der Waals surface area contributed by atoms with E-state index < -0.39 is 35.5 Å². The van der Waals surface area contributed by atoms with Gasteiger partial charge in [-0.1, -0.05) is 91.0 Å². The Hall–Kier alpha value is -4.61. The number of carbonyl (C=O) groups excluding carboxylic acids is 4. The van der Waals surface area contributed by atoms with Crippen LogP contribution in [0.3, 0.4) is 0 Å². The zero-order valence-electron chi connectivity index (χ0n) is 25.5. The predicted octanol–water partition coefficient (Wildman–Crippen LogP) is 3.60. The molecule has 11 heteroatoms. The monoisotopic (exact) mass is 640 g/mol. The Kier molecular flexibility index (Phi) is 9.70. The molecule has 3 aliphatic heterocycles. The molecule has 2 saturated heterocycles. The Bertz CT molecular complexity index is 1560. The second-order valence-electron chi connectivity index (χ2n) is 11.5. The van der Waals surface area contributed by atoms with Crippen LogP contribution in [0, 0.1) is 0 Å². The number of carbonyl (C=O) groups is 4. The number of hydrogen-bond acceptors (Lipinski definition) is 8. The van der Waals surface area contributed by atoms with E-state index in [1.807, 2.05) is 98.0 Å². The summed E-state index contributed by atoms with van der Waals surface area (Å²) in [7, 11) is 2.00. The van der Waals surface area contributed by atoms with Crippen LogP contribution in [0.4, 0.5) is 4.79 Å². The summed E-state index contributed by atoms with van der Waals surface area (Å²) in [5.41, 5.74) is 2.92. The van der Waals surface area contributed by atoms with Gasteiger partial charge in [0.25, 0.3) is 5.91 Å². The number of hydrogen-bond donors (Lipinski definition) is 1. The number of benzene rings is 3. The third-order valence-electron chi connectivity index (χ3n) is 8.33. The summed E-state index contributed by atoms with van der Waals surface area (Å²) in [5.74, 6) is -1.07. The number of β-lactam (4-membered cyclic amide) rings is 1. The van der Waals surface area contributed by atoms with E-state index in [1.165, 1.54) is 16.7 Å². The highest BCUT2D eigenvalue weighted by molar-refractivity contribution is 8.00. The van der Waals surface area contributed by atoms with E-state index in [-0.39, 0.29) is 24.6 Å². The number of thioether (sulfide) groups is 1. The number of piperazine rings is 1. The maximum absolute atomic E-state index is 14.1. The second kappa shape index (κ2) is 14.2. The molecule has 1 N–H and O–H groups in total. The van der Waals surface area contributed by atoms with Crippen LogP contribution in [0.15, 0.2) is 102 Å². The standard InChI is InChI=1S/C35H36N4O6S/c1-37-17-19-38(20-18-37)35(43)44-22-27-23-46-33-29(36-28(40)21-24-11-5-2-6-12-24)32(41)39(33)30(27)34(42)45-31(25-13-7-3-8-14-25)26-15-9-4-10-16-26/h2-16,29,31,33H,17-23H2,1H3,(H,36,40)/t29?,33-/m1/s1. The molecule has 0 aliphatic carbocycles. The van der Waals surface area contributed by atoms with E-state index in [0.29, 0.717) is 24.4 Å². The van der Waals surface area contributed by atoms with Gasteiger partial charge in [-0.3, -0.25) is 14.5 Å². The predicted molar refractivity (Wildman–Crippen MR) is 173 cm³/mol. The van der Waals surface area contributed by atoms with Gasteiger partial charge >= 0.3 is 12.1 Å². The van der Waals surface area contributed by atoms with Gasteiger partial charge in [-0.25, -0.2) is 9.59 Å². The number of likely N-dealkylation sites (N-methyl/N-ethyl adjacent to an activating group) is 1. The lowest BCUT2D eigenvalue weighted by Crippen LogP contribution is -2.70. The van der Waals surface area contributed by atoms with Crippen molar-refractivity contribution in [2.24, 2.45) is 0 Å². The Morgan fingerprint density at radius 1 is 0.870 bits per heavy atom. The van der Waals surface area contributed by atoms with E-state index in [2.05, 4.69) is 10.2 Å². The number of ether oxygens (including phenoxy) is 2. The first kappa shape index (κ1) is 31.4. The third kappa shape index (κ3) is 6.95. The molecule has 10 nitrogen and oxygen atoms in total. The van der Waals surface area contributed by atoms with Crippen LogP contribution in [0.2, 0.25) is 0 Å². The molecule has 3 aromatic carbocycles. The van der Waals surface area contributed by atoms with E-state index in [1.54, 1.807) is 4.90 Å². The van der Waals surface area contributed by atoms with Crippen molar-refractivity contribution in [1.82, 2.24) is 20.0 Å². The molecule has 0 saturated carbocycles. The Balaban J connectivity index is 1.24. The average molecular weight is 641 g/mol. The molecule has 46 heavy (non-hydrogen) atoms. The fourth-order valence-corrected chi connectivity index (χ4v) is 7.09. The van der Waals surface area contributed by atoms with Crippen molar-refractivity contribution >= 4 is 35.6 Å². The zero-order chi connectivity index (χ0) is 32.0. The molecule has 2 atom stereocenters. The van der Waals surface area contributed by atoms with Gasteiger partial charge in [-0.05, 0) is 23.7 Å². The minimum Gasteiger partial charge on any atom is -0.448 e. The fraction of sp³-hybridized carbons (Fsp3) is 0.314. The van der Waals surface area contributed by atoms with Crippen molar-refractivity contribution in [2.45, 2.75) is 23.9 Å². The molecule has 0 aromatic heterocycles. The lowest BCUT2D eigenvalue weighted by molar-refractivity contribution is -0.154. The highest BCUT2D eigenvalue weighted by Crippen LogP contribution is 2.41. The Morgan fingerprint density at radius 2 is 1.46 bits per heavy atom. The first-order valence-electron chi connectivity index (χ1n) is 15.3. The van der Waals surface area contributed by atoms with Gasteiger partial charge in [0.2, 0.25) is 5.91 Å². The first-order valence-corrected chi connectivity index (χ1v) is 16.3. The van der Waals surface area contributed by atoms with Crippen LogP contribution < -0.4 is 5.32 Å². The highest BCUT2D eigenvalue weighted by Gasteiger charge is 2.54. The quantitative estimate of drug-likeness (QED) is 0.279. The number of nitrogens with one attached hydrogen (secondary N) is 1. The summed E-state index contributed by atoms with van der Waals surface area (Å²) in [6, 6.07) is 27.3. The van der Waals surface area contributed by atoms with Crippen LogP contribution in [0.1, 0.15) is 22.8 Å². The van der Waals surface area contributed by atoms with Crippen molar-refractivity contribution in [1.29, 1.82) is 0 Å². The molecular formula is C35H36N4O6S. The van der Waals surface area contributed by atoms with E-state index >= 15 is 0 Å². The molecule has 0 bridgehead atoms. The lowest BCUT2D eigenvalue weighted by atomic mass is 10.0. The minimum atomic E-state index is -0.794. The highest BCUT2D eigenvalue weighted by atomic mass is 32.2. The summed E-state index contributed by atoms with van der Waals surface area (Å²) >= 11 is 1.41. The number of fused-ring (bicyclic) bond motifs is 1. The molecule has 0 radical (unpaired) electrons. The van der Waals surface area contributed by atoms with Gasteiger partial charge in [0.15, 0.2) is 6.10 Å². The van der Waals surface area contributed by atoms with Gasteiger partial charge in [-0.2, -0.15) is 0 Å². The number of esters is 1. The smallest absolute Gasteiger partial charge is 0.410 e. The molecule has 1 unspecified atom stereocenters. The maximum atomic E-state index is 14.1. The topological polar surface area (TPSA) is 108 Å². The van der Waals surface area contributed by atoms with Crippen molar-refractivity contribution in [3.63, 3.8) is 0 Å². The largest absolute Gasteiger partial charge is 0.448 e. The lowest BCUT2D eigenvalue weighted by Gasteiger charge is -2.49. The molecule has 3 amide bonds. The van der Waals surface area contributed by atoms with E-state index in [0.717, 1.165) is 29.8 Å². The summed E-state index contributed by atoms with van der Waals surface area (Å²) < 4.78 is 11.9. The maximum Gasteiger partial charge on any atom is 0.410 e. The van der Waals surface area contributed by atoms with E-state index in [9.17, 15) is 19.2 Å². The molecule has 0 spiro atoms. The number of nitrogens with zero attached hydrogens (tertiary/aromatic N) is 3.